The maximum atomic E-state index is 15.3. The summed E-state index contributed by atoms with van der Waals surface area (Å²) < 4.78 is 39.2. The van der Waals surface area contributed by atoms with E-state index in [1.807, 2.05) is 98.0 Å². The van der Waals surface area contributed by atoms with Gasteiger partial charge in [-0.15, -0.1) is 0 Å². The minimum absolute atomic E-state index is 0.125. The summed E-state index contributed by atoms with van der Waals surface area (Å²) in [6.07, 6.45) is 2.01. The molecule has 0 aliphatic rings. The lowest BCUT2D eigenvalue weighted by Crippen LogP contribution is -2.67. The van der Waals surface area contributed by atoms with E-state index in [9.17, 15) is 0 Å². The summed E-state index contributed by atoms with van der Waals surface area (Å²) in [4.78, 5) is 0. The molecule has 0 saturated heterocycles. The van der Waals surface area contributed by atoms with E-state index in [0.29, 0.717) is 6.54 Å². The Balaban J connectivity index is 1.49. The first-order valence-corrected chi connectivity index (χ1v) is 14.4. The predicted octanol–water partition coefficient (Wildman–Crippen LogP) is 5.83. The molecule has 1 heterocycles. The van der Waals surface area contributed by atoms with Gasteiger partial charge in [0.05, 0.1) is 13.2 Å². The van der Waals surface area contributed by atoms with Gasteiger partial charge in [0.1, 0.15) is 0 Å². The third-order valence-corrected chi connectivity index (χ3v) is 11.8. The lowest BCUT2D eigenvalue weighted by Gasteiger charge is -2.43. The second-order valence-electron chi connectivity index (χ2n) is 10.6. The molecule has 1 N–H and O–H groups in total. The second-order valence-corrected chi connectivity index (χ2v) is 14.9. The van der Waals surface area contributed by atoms with Crippen molar-refractivity contribution in [2.45, 2.75) is 51.2 Å². The molecule has 36 heavy (non-hydrogen) atoms. The highest BCUT2D eigenvalue weighted by Crippen LogP contribution is 2.37. The molecule has 190 valence electrons. The number of alkyl halides is 2. The van der Waals surface area contributed by atoms with E-state index in [0.717, 1.165) is 21.3 Å². The van der Waals surface area contributed by atoms with Crippen molar-refractivity contribution in [2.75, 3.05) is 13.2 Å². The van der Waals surface area contributed by atoms with Gasteiger partial charge in [0.15, 0.2) is 0 Å². The maximum Gasteiger partial charge on any atom is 0.281 e. The summed E-state index contributed by atoms with van der Waals surface area (Å²) >= 11 is 0. The highest BCUT2D eigenvalue weighted by atomic mass is 28.4. The van der Waals surface area contributed by atoms with Crippen molar-refractivity contribution in [1.82, 2.24) is 9.88 Å². The molecule has 0 saturated carbocycles. The summed E-state index contributed by atoms with van der Waals surface area (Å²) in [5.41, 5.74) is 1.10. The summed E-state index contributed by atoms with van der Waals surface area (Å²) in [5, 5.41) is 5.85. The fourth-order valence-corrected chi connectivity index (χ4v) is 9.59. The third-order valence-electron chi connectivity index (χ3n) is 6.78. The normalized spacial score (nSPS) is 13.7. The van der Waals surface area contributed by atoms with Gasteiger partial charge in [-0.3, -0.25) is 0 Å². The quantitative estimate of drug-likeness (QED) is 0.274. The lowest BCUT2D eigenvalue weighted by molar-refractivity contribution is -0.0436. The van der Waals surface area contributed by atoms with Crippen LogP contribution in [0.3, 0.4) is 0 Å². The summed E-state index contributed by atoms with van der Waals surface area (Å²) in [6.45, 7) is 7.77. The molecular weight excluding hydrogens is 470 g/mol. The fraction of sp³-hybridized carbons (Fsp3) is 0.333. The number of rotatable bonds is 10. The van der Waals surface area contributed by atoms with Crippen molar-refractivity contribution in [3.63, 3.8) is 0 Å². The summed E-state index contributed by atoms with van der Waals surface area (Å²) in [5.74, 6) is -3.01. The highest BCUT2D eigenvalue weighted by Gasteiger charge is 2.51. The monoisotopic (exact) mass is 506 g/mol. The molecule has 0 bridgehead atoms. The number of hydrogen-bond donors (Lipinski definition) is 1. The zero-order valence-electron chi connectivity index (χ0n) is 21.5. The van der Waals surface area contributed by atoms with E-state index >= 15 is 8.78 Å². The van der Waals surface area contributed by atoms with Crippen molar-refractivity contribution in [3.8, 4) is 0 Å². The van der Waals surface area contributed by atoms with Gasteiger partial charge in [-0.05, 0) is 39.9 Å². The SMILES string of the molecule is C[C@H](Cn1ccc2ccccc21)NCC(F)(F)CO[Si](c1ccccc1)(c1ccccc1)C(C)(C)C. The Morgan fingerprint density at radius 2 is 1.39 bits per heavy atom. The van der Waals surface area contributed by atoms with E-state index in [1.54, 1.807) is 0 Å². The van der Waals surface area contributed by atoms with Crippen LogP contribution in [0.2, 0.25) is 5.04 Å². The molecule has 0 spiro atoms. The Kier molecular flexibility index (Phi) is 7.78. The molecule has 0 radical (unpaired) electrons. The van der Waals surface area contributed by atoms with Gasteiger partial charge in [0.25, 0.3) is 14.2 Å². The van der Waals surface area contributed by atoms with Gasteiger partial charge in [-0.2, -0.15) is 0 Å². The van der Waals surface area contributed by atoms with Gasteiger partial charge < -0.3 is 14.3 Å². The predicted molar refractivity (Wildman–Crippen MR) is 148 cm³/mol. The van der Waals surface area contributed by atoms with Crippen LogP contribution < -0.4 is 15.7 Å². The molecule has 3 nitrogen and oxygen atoms in total. The van der Waals surface area contributed by atoms with E-state index in [2.05, 4.69) is 36.7 Å². The van der Waals surface area contributed by atoms with Crippen LogP contribution >= 0.6 is 0 Å². The van der Waals surface area contributed by atoms with E-state index in [1.165, 1.54) is 0 Å². The first-order valence-electron chi connectivity index (χ1n) is 12.5. The largest absolute Gasteiger partial charge is 0.401 e. The van der Waals surface area contributed by atoms with Gasteiger partial charge >= 0.3 is 0 Å². The molecule has 0 amide bonds. The Morgan fingerprint density at radius 1 is 0.833 bits per heavy atom. The van der Waals surface area contributed by atoms with E-state index in [-0.39, 0.29) is 11.1 Å². The van der Waals surface area contributed by atoms with Crippen LogP contribution in [0.4, 0.5) is 8.78 Å². The molecule has 1 aromatic heterocycles. The Hall–Kier alpha value is -2.80. The minimum Gasteiger partial charge on any atom is -0.401 e. The first kappa shape index (κ1) is 26.3. The third kappa shape index (κ3) is 5.61. The molecule has 0 fully saturated rings. The number of para-hydroxylation sites is 1. The van der Waals surface area contributed by atoms with Crippen LogP contribution in [0.5, 0.6) is 0 Å². The Morgan fingerprint density at radius 3 is 1.97 bits per heavy atom. The average molecular weight is 507 g/mol. The van der Waals surface area contributed by atoms with Crippen LogP contribution in [0.15, 0.2) is 97.2 Å². The van der Waals surface area contributed by atoms with Crippen LogP contribution in [0, 0.1) is 0 Å². The number of nitrogens with one attached hydrogen (secondary N) is 1. The Bertz CT molecular complexity index is 1210. The lowest BCUT2D eigenvalue weighted by atomic mass is 10.2. The van der Waals surface area contributed by atoms with Crippen LogP contribution in [0.1, 0.15) is 27.7 Å². The second kappa shape index (κ2) is 10.7. The van der Waals surface area contributed by atoms with Gasteiger partial charge in [-0.25, -0.2) is 8.78 Å². The van der Waals surface area contributed by atoms with Gasteiger partial charge in [0, 0.05) is 24.3 Å². The molecule has 1 atom stereocenters. The minimum atomic E-state index is -3.01. The summed E-state index contributed by atoms with van der Waals surface area (Å²) in [6, 6.07) is 29.8. The number of hydrogen-bond acceptors (Lipinski definition) is 2. The van der Waals surface area contributed by atoms with Crippen molar-refractivity contribution >= 4 is 29.6 Å². The summed E-state index contributed by atoms with van der Waals surface area (Å²) in [7, 11) is -3.01. The maximum absolute atomic E-state index is 15.3. The van der Waals surface area contributed by atoms with Crippen LogP contribution in [-0.4, -0.2) is 38.0 Å². The van der Waals surface area contributed by atoms with Crippen molar-refractivity contribution in [1.29, 1.82) is 0 Å². The zero-order valence-corrected chi connectivity index (χ0v) is 22.5. The number of fused-ring (bicyclic) bond motifs is 1. The molecule has 3 aromatic carbocycles. The molecule has 6 heteroatoms. The molecule has 4 rings (SSSR count). The number of halogens is 2. The van der Waals surface area contributed by atoms with Crippen molar-refractivity contribution in [2.24, 2.45) is 0 Å². The molecule has 0 unspecified atom stereocenters. The topological polar surface area (TPSA) is 26.2 Å². The fourth-order valence-electron chi connectivity index (χ4n) is 5.01. The standard InChI is InChI=1S/C30H36F2N2OSi/c1-24(21-34-20-19-25-13-11-12-18-28(25)34)33-22-30(31,32)23-35-36(29(2,3)4,26-14-7-5-8-15-26)27-16-9-6-10-17-27/h5-20,24,33H,21-23H2,1-4H3/t24-/m1/s1. The molecule has 4 aromatic rings. The molecule has 0 aliphatic carbocycles. The van der Waals surface area contributed by atoms with Gasteiger partial charge in [-0.1, -0.05) is 99.6 Å². The number of nitrogens with zero attached hydrogens (tertiary/aromatic N) is 1. The van der Waals surface area contributed by atoms with Crippen molar-refractivity contribution < 1.29 is 13.2 Å². The van der Waals surface area contributed by atoms with E-state index in [4.69, 9.17) is 4.43 Å². The van der Waals surface area contributed by atoms with Crippen LogP contribution in [-0.2, 0) is 11.0 Å². The first-order chi connectivity index (χ1) is 17.1. The van der Waals surface area contributed by atoms with Crippen molar-refractivity contribution in [3.05, 3.63) is 97.2 Å². The highest BCUT2D eigenvalue weighted by molar-refractivity contribution is 6.99. The Labute approximate surface area is 214 Å². The van der Waals surface area contributed by atoms with E-state index < -0.39 is 27.4 Å². The number of benzene rings is 3. The number of aromatic nitrogens is 1. The van der Waals surface area contributed by atoms with Crippen LogP contribution in [0.25, 0.3) is 10.9 Å². The smallest absolute Gasteiger partial charge is 0.281 e. The molecule has 0 aliphatic heterocycles. The van der Waals surface area contributed by atoms with Gasteiger partial charge in [0.2, 0.25) is 0 Å². The zero-order chi connectivity index (χ0) is 25.8. The average Bonchev–Trinajstić information content (AvgIpc) is 3.26. The molecular formula is C30H36F2N2OSi.